The van der Waals surface area contributed by atoms with Gasteiger partial charge in [0, 0.05) is 66.9 Å². The van der Waals surface area contributed by atoms with E-state index in [9.17, 15) is 4.79 Å². The molecule has 0 bridgehead atoms. The number of benzene rings is 1. The first-order chi connectivity index (χ1) is 15.4. The van der Waals surface area contributed by atoms with Gasteiger partial charge in [-0.1, -0.05) is 0 Å². The summed E-state index contributed by atoms with van der Waals surface area (Å²) >= 11 is 0. The Morgan fingerprint density at radius 1 is 1.16 bits per heavy atom. The molecule has 0 spiro atoms. The van der Waals surface area contributed by atoms with Crippen LogP contribution in [-0.4, -0.2) is 44.1 Å². The van der Waals surface area contributed by atoms with E-state index in [0.29, 0.717) is 34.7 Å². The quantitative estimate of drug-likeness (QED) is 0.483. The Labute approximate surface area is 183 Å². The average Bonchev–Trinajstić information content (AvgIpc) is 3.09. The standard InChI is InChI=1S/C23H22FN7O/c1-13-3-5-26-10-17(13)16-7-14-8-19(27-11-18(14)23(25)22(16)24)28-20-9-15-4-6-30(2)21(32)12-31(15)29-20/h3,5,7-11H,4,6,12,25H2,1-2H3,(H,27,28,29). The van der Waals surface area contributed by atoms with Gasteiger partial charge in [-0.15, -0.1) is 0 Å². The summed E-state index contributed by atoms with van der Waals surface area (Å²) in [6.45, 7) is 2.77. The van der Waals surface area contributed by atoms with Crippen LogP contribution in [-0.2, 0) is 17.8 Å². The third-order valence-corrected chi connectivity index (χ3v) is 5.86. The fraction of sp³-hybridized carbons (Fsp3) is 0.217. The zero-order chi connectivity index (χ0) is 22.4. The van der Waals surface area contributed by atoms with Crippen LogP contribution in [0.1, 0.15) is 11.3 Å². The van der Waals surface area contributed by atoms with E-state index in [1.165, 1.54) is 0 Å². The highest BCUT2D eigenvalue weighted by Gasteiger charge is 2.20. The fourth-order valence-corrected chi connectivity index (χ4v) is 3.95. The lowest BCUT2D eigenvalue weighted by molar-refractivity contribution is -0.130. The zero-order valence-electron chi connectivity index (χ0n) is 17.8. The van der Waals surface area contributed by atoms with E-state index in [4.69, 9.17) is 5.73 Å². The maximum atomic E-state index is 15.0. The highest BCUT2D eigenvalue weighted by atomic mass is 19.1. The van der Waals surface area contributed by atoms with Crippen LogP contribution in [0.15, 0.2) is 42.9 Å². The number of aromatic nitrogens is 4. The summed E-state index contributed by atoms with van der Waals surface area (Å²) in [6.07, 6.45) is 5.59. The lowest BCUT2D eigenvalue weighted by Gasteiger charge is -2.13. The van der Waals surface area contributed by atoms with Crippen LogP contribution in [0.5, 0.6) is 0 Å². The number of hydrogen-bond acceptors (Lipinski definition) is 6. The third kappa shape index (κ3) is 3.41. The molecular formula is C23H22FN7O. The van der Waals surface area contributed by atoms with Gasteiger partial charge in [0.1, 0.15) is 12.4 Å². The first-order valence-corrected chi connectivity index (χ1v) is 10.3. The topological polar surface area (TPSA) is 102 Å². The van der Waals surface area contributed by atoms with Gasteiger partial charge < -0.3 is 16.0 Å². The molecule has 3 aromatic heterocycles. The smallest absolute Gasteiger partial charge is 0.244 e. The molecule has 0 atom stereocenters. The van der Waals surface area contributed by atoms with Crippen molar-refractivity contribution in [1.29, 1.82) is 0 Å². The van der Waals surface area contributed by atoms with Gasteiger partial charge in [0.25, 0.3) is 0 Å². The van der Waals surface area contributed by atoms with Crippen LogP contribution in [0, 0.1) is 12.7 Å². The minimum atomic E-state index is -0.483. The largest absolute Gasteiger partial charge is 0.396 e. The van der Waals surface area contributed by atoms with Crippen molar-refractivity contribution >= 4 is 34.0 Å². The number of carbonyl (C=O) groups excluding carboxylic acids is 1. The molecule has 4 heterocycles. The normalized spacial score (nSPS) is 13.8. The third-order valence-electron chi connectivity index (χ3n) is 5.86. The number of nitrogens with zero attached hydrogens (tertiary/aromatic N) is 5. The van der Waals surface area contributed by atoms with Gasteiger partial charge in [0.2, 0.25) is 5.91 Å². The van der Waals surface area contributed by atoms with Gasteiger partial charge in [-0.3, -0.25) is 14.5 Å². The van der Waals surface area contributed by atoms with Crippen LogP contribution in [0.3, 0.4) is 0 Å². The van der Waals surface area contributed by atoms with E-state index >= 15 is 4.39 Å². The second-order valence-electron chi connectivity index (χ2n) is 8.00. The van der Waals surface area contributed by atoms with Gasteiger partial charge in [-0.25, -0.2) is 9.37 Å². The summed E-state index contributed by atoms with van der Waals surface area (Å²) in [5.74, 6) is 0.693. The number of nitrogens with one attached hydrogen (secondary N) is 1. The molecule has 1 aliphatic rings. The number of rotatable bonds is 3. The highest BCUT2D eigenvalue weighted by molar-refractivity contribution is 5.98. The first-order valence-electron chi connectivity index (χ1n) is 10.3. The van der Waals surface area contributed by atoms with Gasteiger partial charge >= 0.3 is 0 Å². The van der Waals surface area contributed by atoms with Gasteiger partial charge in [0.05, 0.1) is 5.69 Å². The van der Waals surface area contributed by atoms with Gasteiger partial charge in [-0.05, 0) is 36.1 Å². The SMILES string of the molecule is Cc1ccncc1-c1cc2cc(Nc3cc4n(n3)CC(=O)N(C)CC4)ncc2c(N)c1F. The summed E-state index contributed by atoms with van der Waals surface area (Å²) in [5, 5.41) is 8.98. The number of likely N-dealkylation sites (N-methyl/N-ethyl adjacent to an activating group) is 1. The Morgan fingerprint density at radius 2 is 2.00 bits per heavy atom. The molecule has 1 amide bonds. The summed E-state index contributed by atoms with van der Waals surface area (Å²) in [5.41, 5.74) is 9.13. The second kappa shape index (κ2) is 7.60. The molecule has 8 nitrogen and oxygen atoms in total. The number of nitrogen functional groups attached to an aromatic ring is 1. The van der Waals surface area contributed by atoms with E-state index in [1.54, 1.807) is 41.3 Å². The number of carbonyl (C=O) groups is 1. The van der Waals surface area contributed by atoms with Crippen molar-refractivity contribution in [3.8, 4) is 11.1 Å². The number of pyridine rings is 2. The van der Waals surface area contributed by atoms with E-state index in [1.807, 2.05) is 25.1 Å². The molecule has 0 fully saturated rings. The maximum absolute atomic E-state index is 15.0. The number of nitrogens with two attached hydrogens (primary N) is 1. The summed E-state index contributed by atoms with van der Waals surface area (Å²) in [4.78, 5) is 22.3. The van der Waals surface area contributed by atoms with E-state index in [0.717, 1.165) is 23.1 Å². The van der Waals surface area contributed by atoms with Crippen molar-refractivity contribution in [2.75, 3.05) is 24.6 Å². The Balaban J connectivity index is 1.51. The Bertz CT molecular complexity index is 1360. The summed E-state index contributed by atoms with van der Waals surface area (Å²) < 4.78 is 16.7. The van der Waals surface area contributed by atoms with Crippen molar-refractivity contribution in [2.24, 2.45) is 0 Å². The number of amides is 1. The minimum absolute atomic E-state index is 0.0259. The van der Waals surface area contributed by atoms with Crippen molar-refractivity contribution in [3.63, 3.8) is 0 Å². The maximum Gasteiger partial charge on any atom is 0.244 e. The van der Waals surface area contributed by atoms with Crippen LogP contribution in [0.4, 0.5) is 21.7 Å². The van der Waals surface area contributed by atoms with Crippen molar-refractivity contribution < 1.29 is 9.18 Å². The lowest BCUT2D eigenvalue weighted by Crippen LogP contribution is -2.29. The van der Waals surface area contributed by atoms with E-state index in [2.05, 4.69) is 20.4 Å². The van der Waals surface area contributed by atoms with Gasteiger partial charge in [-0.2, -0.15) is 5.10 Å². The molecule has 0 saturated carbocycles. The molecule has 4 aromatic rings. The second-order valence-corrected chi connectivity index (χ2v) is 8.00. The highest BCUT2D eigenvalue weighted by Crippen LogP contribution is 2.35. The Morgan fingerprint density at radius 3 is 2.81 bits per heavy atom. The van der Waals surface area contributed by atoms with Crippen molar-refractivity contribution in [2.45, 2.75) is 19.9 Å². The Kier molecular flexibility index (Phi) is 4.73. The predicted molar refractivity (Wildman–Crippen MR) is 121 cm³/mol. The van der Waals surface area contributed by atoms with Crippen LogP contribution in [0.25, 0.3) is 21.9 Å². The number of halogens is 1. The first kappa shape index (κ1) is 19.9. The molecule has 32 heavy (non-hydrogen) atoms. The summed E-state index contributed by atoms with van der Waals surface area (Å²) in [6, 6.07) is 7.32. The van der Waals surface area contributed by atoms with Crippen LogP contribution < -0.4 is 11.1 Å². The number of anilines is 3. The zero-order valence-corrected chi connectivity index (χ0v) is 17.8. The molecule has 1 aromatic carbocycles. The van der Waals surface area contributed by atoms with Crippen molar-refractivity contribution in [1.82, 2.24) is 24.6 Å². The molecule has 1 aliphatic heterocycles. The Hall–Kier alpha value is -4.01. The van der Waals surface area contributed by atoms with Crippen molar-refractivity contribution in [3.05, 3.63) is 59.9 Å². The van der Waals surface area contributed by atoms with Crippen LogP contribution >= 0.6 is 0 Å². The van der Waals surface area contributed by atoms with Crippen LogP contribution in [0.2, 0.25) is 0 Å². The molecule has 162 valence electrons. The monoisotopic (exact) mass is 431 g/mol. The molecule has 0 radical (unpaired) electrons. The predicted octanol–water partition coefficient (Wildman–Crippen LogP) is 3.28. The number of fused-ring (bicyclic) bond motifs is 2. The fourth-order valence-electron chi connectivity index (χ4n) is 3.95. The van der Waals surface area contributed by atoms with E-state index in [-0.39, 0.29) is 18.1 Å². The molecule has 5 rings (SSSR count). The molecular weight excluding hydrogens is 409 g/mol. The number of aryl methyl sites for hydroxylation is 1. The average molecular weight is 431 g/mol. The summed E-state index contributed by atoms with van der Waals surface area (Å²) in [7, 11) is 1.79. The molecule has 0 unspecified atom stereocenters. The number of hydrogen-bond donors (Lipinski definition) is 2. The molecule has 0 saturated heterocycles. The lowest BCUT2D eigenvalue weighted by atomic mass is 9.98. The minimum Gasteiger partial charge on any atom is -0.396 e. The van der Waals surface area contributed by atoms with Gasteiger partial charge in [0.15, 0.2) is 11.6 Å². The van der Waals surface area contributed by atoms with E-state index < -0.39 is 5.82 Å². The molecule has 9 heteroatoms. The molecule has 3 N–H and O–H groups in total. The molecule has 0 aliphatic carbocycles.